The Morgan fingerprint density at radius 2 is 0.562 bits per heavy atom. The summed E-state index contributed by atoms with van der Waals surface area (Å²) in [4.78, 5) is 36.4. The highest BCUT2D eigenvalue weighted by Crippen LogP contribution is 2.63. The van der Waals surface area contributed by atoms with Crippen molar-refractivity contribution in [3.8, 4) is 90.4 Å². The average Bonchev–Trinajstić information content (AvgIpc) is 1.56. The normalized spacial score (nSPS) is 15.9. The van der Waals surface area contributed by atoms with E-state index in [1.165, 1.54) is 30.3 Å². The van der Waals surface area contributed by atoms with Crippen LogP contribution in [0.1, 0.15) is 84.8 Å². The van der Waals surface area contributed by atoms with Crippen molar-refractivity contribution in [1.82, 2.24) is 0 Å². The van der Waals surface area contributed by atoms with Crippen LogP contribution in [0.2, 0.25) is 0 Å². The van der Waals surface area contributed by atoms with Crippen molar-refractivity contribution in [1.29, 1.82) is 68.4 Å². The van der Waals surface area contributed by atoms with Gasteiger partial charge in [-0.3, -0.25) is 14.5 Å². The van der Waals surface area contributed by atoms with E-state index in [1.807, 2.05) is 12.1 Å². The first-order chi connectivity index (χ1) is 50.1. The highest BCUT2D eigenvalue weighted by molar-refractivity contribution is 6.19. The van der Waals surface area contributed by atoms with E-state index in [2.05, 4.69) is 67.6 Å². The molecular formula is C70H3F8N25O2. The molecule has 0 atom stereocenters. The van der Waals surface area contributed by atoms with Gasteiger partial charge in [0.05, 0.1) is 172 Å². The van der Waals surface area contributed by atoms with Crippen molar-refractivity contribution in [2.24, 2.45) is 0 Å². The number of nitrogens with zero attached hydrogens (tertiary/aromatic N) is 25. The first-order valence-corrected chi connectivity index (χ1v) is 26.4. The molecule has 6 aliphatic carbocycles. The molecule has 476 valence electrons. The van der Waals surface area contributed by atoms with Crippen LogP contribution in [-0.4, -0.2) is 12.7 Å². The highest BCUT2D eigenvalue weighted by atomic mass is 19.4. The second-order valence-electron chi connectivity index (χ2n) is 19.4. The lowest BCUT2D eigenvalue weighted by Gasteiger charge is -2.24. The number of allylic oxidation sites excluding steroid dienone is 18. The van der Waals surface area contributed by atoms with Crippen molar-refractivity contribution in [2.45, 2.75) is 19.6 Å². The molecule has 0 N–H and O–H groups in total. The molecule has 0 bridgehead atoms. The van der Waals surface area contributed by atoms with Crippen molar-refractivity contribution >= 4 is 67.2 Å². The number of fused-ring (bicyclic) bond motifs is 6. The zero-order valence-corrected chi connectivity index (χ0v) is 50.5. The van der Waals surface area contributed by atoms with E-state index in [0.29, 0.717) is 0 Å². The molecule has 0 heterocycles. The Labute approximate surface area is 582 Å². The van der Waals surface area contributed by atoms with E-state index >= 15 is 8.78 Å². The van der Waals surface area contributed by atoms with Gasteiger partial charge in [0, 0.05) is 66.8 Å². The molecule has 27 nitrogen and oxygen atoms in total. The van der Waals surface area contributed by atoms with Gasteiger partial charge in [0.15, 0.2) is 17.1 Å². The van der Waals surface area contributed by atoms with Crippen LogP contribution in [0.25, 0.3) is 125 Å². The monoisotopic (exact) mass is 1380 g/mol. The number of rotatable bonds is 2. The summed E-state index contributed by atoms with van der Waals surface area (Å²) >= 11 is 0. The fourth-order valence-electron chi connectivity index (χ4n) is 11.5. The Kier molecular flexibility index (Phi) is 19.6. The Balaban J connectivity index is 0.000000221. The fraction of sp³-hybridized carbons (Fsp3) is 0.0429. The molecule has 0 aromatic heterocycles. The zero-order valence-electron chi connectivity index (χ0n) is 50.5. The van der Waals surface area contributed by atoms with Gasteiger partial charge in [-0.2, -0.15) is 36.8 Å². The van der Waals surface area contributed by atoms with Crippen LogP contribution in [0.5, 0.6) is 11.5 Å². The van der Waals surface area contributed by atoms with Crippen LogP contribution in [0, 0.1) is 238 Å². The second kappa shape index (κ2) is 28.0. The summed E-state index contributed by atoms with van der Waals surface area (Å²) in [5.74, 6) is -5.57. The first kappa shape index (κ1) is 73.2. The fourth-order valence-corrected chi connectivity index (χ4v) is 11.5. The van der Waals surface area contributed by atoms with Crippen LogP contribution in [0.15, 0.2) is 68.0 Å². The molecule has 0 spiro atoms. The SMILES string of the molecule is [C-]#[N+]C1=C([N+]#[C-])c2c(C#N)c3c(c(C#N)c2/C1=C(\C#N)[N+]#[C-])C(C#N)=C(C#N)/C3=C(\C#N)[N+]#[C-].[C-]#[N+]C1=C([N+]#[C-])c2c(F)c3c(c(F)c2/C1=C(\C#N)[N+]#[C-])C(C#N)=C(C#N)/C3=C(\C#N)[N+]#[C-].[C-]#[N+]C1=C([N+]#[C-])c2c(OC(F)(F)F)c3c(c(OC(F)(F)F)c2/C1=C(\C#N)[N+]#[C-])C(C#N)=C(C)/C3=C(\C#N)[N+]#[C-]. The molecule has 0 saturated carbocycles. The molecule has 0 aliphatic heterocycles. The number of halogens is 8. The third-order valence-corrected chi connectivity index (χ3v) is 15.0. The van der Waals surface area contributed by atoms with Gasteiger partial charge in [-0.15, -0.1) is 26.3 Å². The van der Waals surface area contributed by atoms with E-state index < -0.39 is 199 Å². The molecule has 0 unspecified atom stereocenters. The van der Waals surface area contributed by atoms with E-state index in [9.17, 15) is 94.7 Å². The van der Waals surface area contributed by atoms with Crippen LogP contribution in [0.3, 0.4) is 0 Å². The summed E-state index contributed by atoms with van der Waals surface area (Å²) < 4.78 is 122. The number of alkyl halides is 6. The molecule has 0 fully saturated rings. The number of ether oxygens (including phenoxy) is 2. The second-order valence-corrected chi connectivity index (χ2v) is 19.4. The molecule has 9 rings (SSSR count). The maximum absolute atomic E-state index is 15.8. The maximum Gasteiger partial charge on any atom is 0.573 e. The van der Waals surface area contributed by atoms with E-state index in [0.717, 1.165) is 6.92 Å². The lowest BCUT2D eigenvalue weighted by molar-refractivity contribution is -0.277. The topological polar surface area (TPSA) is 380 Å². The molecule has 3 aromatic carbocycles. The smallest absolute Gasteiger partial charge is 0.406 e. The lowest BCUT2D eigenvalue weighted by atomic mass is 9.84. The summed E-state index contributed by atoms with van der Waals surface area (Å²) in [7, 11) is 0. The minimum Gasteiger partial charge on any atom is -0.406 e. The van der Waals surface area contributed by atoms with E-state index in [1.54, 1.807) is 36.4 Å². The summed E-state index contributed by atoms with van der Waals surface area (Å²) in [6.07, 6.45) is -11.2. The predicted molar refractivity (Wildman–Crippen MR) is 332 cm³/mol. The molecular weight excluding hydrogens is 1370 g/mol. The largest absolute Gasteiger partial charge is 0.573 e. The highest BCUT2D eigenvalue weighted by Gasteiger charge is 2.50. The molecule has 35 heteroatoms. The molecule has 105 heavy (non-hydrogen) atoms. The lowest BCUT2D eigenvalue weighted by Crippen LogP contribution is -2.22. The van der Waals surface area contributed by atoms with Gasteiger partial charge < -0.3 is 9.47 Å². The van der Waals surface area contributed by atoms with Crippen LogP contribution in [0.4, 0.5) is 35.1 Å². The van der Waals surface area contributed by atoms with Gasteiger partial charge in [-0.05, 0) is 45.9 Å². The van der Waals surface area contributed by atoms with E-state index in [4.69, 9.17) is 78.9 Å². The van der Waals surface area contributed by atoms with Crippen molar-refractivity contribution in [3.63, 3.8) is 0 Å². The zero-order chi connectivity index (χ0) is 78.3. The Hall–Kier alpha value is -19.2. The molecule has 0 saturated heterocycles. The summed E-state index contributed by atoms with van der Waals surface area (Å²) in [5.41, 5.74) is -24.5. The van der Waals surface area contributed by atoms with Gasteiger partial charge in [0.1, 0.15) is 47.4 Å². The third kappa shape index (κ3) is 10.7. The van der Waals surface area contributed by atoms with Crippen molar-refractivity contribution in [3.05, 3.63) is 295 Å². The Morgan fingerprint density at radius 3 is 0.914 bits per heavy atom. The minimum atomic E-state index is -5.60. The minimum absolute atomic E-state index is 0.227. The summed E-state index contributed by atoms with van der Waals surface area (Å²) in [5, 5.41) is 125. The standard InChI is InChI=1S/C24H3F6N7O2.C24N10.C22F2N8/c1-9-10(6-31)14-16(13(9)11(7-32)34-2)22(39-24(28,29)30)18-17(21(14)38-23(25,26)27)15(12(8-33)35-3)19(36-4)20(18)37-5;1-31-15(9-29)18-12(6-26)11(5-25)17-13(7-27)20-21(14(8-28)19(17)18)23(33-3)24(34-4)22(20)16(10-30)32-2;1-29-11(7-27)13-9(5-25)10(6-26)14-16(13)20(24)18-17(19(14)23)15(12(8-28)30-2)21(31-3)22(18)32-4/h1H3;;/b13-11-,15-12-;18-15-,22-16-;13-11-,15-12-. The molecule has 0 radical (unpaired) electrons. The van der Waals surface area contributed by atoms with Gasteiger partial charge in [-0.1, -0.05) is 0 Å². The number of hydrogen-bond acceptors (Lipinski definition) is 15. The van der Waals surface area contributed by atoms with Crippen LogP contribution in [-0.2, 0) is 0 Å². The molecule has 3 aromatic rings. The third-order valence-electron chi connectivity index (χ3n) is 15.0. The average molecular weight is 1380 g/mol. The number of benzene rings is 3. The predicted octanol–water partition coefficient (Wildman–Crippen LogP) is 15.3. The van der Waals surface area contributed by atoms with Gasteiger partial charge in [0.2, 0.25) is 17.1 Å². The number of hydrogen-bond donors (Lipinski definition) is 0. The van der Waals surface area contributed by atoms with Crippen LogP contribution < -0.4 is 9.47 Å². The van der Waals surface area contributed by atoms with Gasteiger partial charge >= 0.3 is 12.7 Å². The van der Waals surface area contributed by atoms with Crippen molar-refractivity contribution in [2.75, 3.05) is 0 Å². The maximum atomic E-state index is 15.8. The first-order valence-electron chi connectivity index (χ1n) is 26.4. The molecule has 6 aliphatic rings. The number of nitriles is 13. The Bertz CT molecular complexity index is 6210. The van der Waals surface area contributed by atoms with E-state index in [-0.39, 0.29) is 50.1 Å². The Morgan fingerprint density at radius 1 is 0.286 bits per heavy atom. The van der Waals surface area contributed by atoms with Gasteiger partial charge in [0.25, 0.3) is 34.2 Å². The van der Waals surface area contributed by atoms with Crippen molar-refractivity contribution < 1.29 is 44.6 Å². The van der Waals surface area contributed by atoms with Crippen LogP contribution >= 0.6 is 0 Å². The summed E-state index contributed by atoms with van der Waals surface area (Å²) in [6.45, 7) is 89.2. The summed E-state index contributed by atoms with van der Waals surface area (Å²) in [6, 6.07) is 20.8. The molecule has 0 amide bonds. The van der Waals surface area contributed by atoms with Gasteiger partial charge in [-0.25, -0.2) is 84.0 Å². The quantitative estimate of drug-likeness (QED) is 0.131.